The molecule has 2 aromatic rings. The molecule has 0 saturated carbocycles. The van der Waals surface area contributed by atoms with Crippen molar-refractivity contribution in [2.24, 2.45) is 0 Å². The molecule has 0 aliphatic carbocycles. The number of amides is 1. The number of halogens is 2. The first-order valence-electron chi connectivity index (χ1n) is 6.01. The zero-order chi connectivity index (χ0) is 15.2. The summed E-state index contributed by atoms with van der Waals surface area (Å²) in [6.07, 6.45) is 0.677. The molecule has 0 radical (unpaired) electrons. The second kappa shape index (κ2) is 6.85. The lowest BCUT2D eigenvalue weighted by Gasteiger charge is -2.08. The Morgan fingerprint density at radius 3 is 2.81 bits per heavy atom. The van der Waals surface area contributed by atoms with Gasteiger partial charge in [0.1, 0.15) is 17.9 Å². The van der Waals surface area contributed by atoms with E-state index in [1.54, 1.807) is 18.2 Å². The molecule has 0 atom stereocenters. The van der Waals surface area contributed by atoms with Gasteiger partial charge < -0.3 is 10.1 Å². The van der Waals surface area contributed by atoms with E-state index >= 15 is 0 Å². The Kier molecular flexibility index (Phi) is 4.90. The molecule has 4 nitrogen and oxygen atoms in total. The van der Waals surface area contributed by atoms with Crippen molar-refractivity contribution in [1.29, 1.82) is 0 Å². The summed E-state index contributed by atoms with van der Waals surface area (Å²) in [4.78, 5) is 22.3. The predicted octanol–water partition coefficient (Wildman–Crippen LogP) is 3.31. The van der Waals surface area contributed by atoms with Crippen molar-refractivity contribution in [3.63, 3.8) is 0 Å². The quantitative estimate of drug-likeness (QED) is 0.862. The monoisotopic (exact) mass is 307 g/mol. The average molecular weight is 308 g/mol. The molecule has 0 aliphatic rings. The summed E-state index contributed by atoms with van der Waals surface area (Å²) < 4.78 is 18.7. The third kappa shape index (κ3) is 4.29. The van der Waals surface area contributed by atoms with Gasteiger partial charge in [0.15, 0.2) is 6.61 Å². The molecule has 0 fully saturated rings. The van der Waals surface area contributed by atoms with E-state index in [2.05, 4.69) is 5.32 Å². The van der Waals surface area contributed by atoms with Crippen LogP contribution in [0.3, 0.4) is 0 Å². The first kappa shape index (κ1) is 15.0. The Labute approximate surface area is 125 Å². The van der Waals surface area contributed by atoms with Crippen LogP contribution in [0.2, 0.25) is 5.02 Å². The molecule has 1 amide bonds. The molecule has 21 heavy (non-hydrogen) atoms. The van der Waals surface area contributed by atoms with E-state index in [-0.39, 0.29) is 17.3 Å². The number of rotatable bonds is 5. The maximum Gasteiger partial charge on any atom is 0.262 e. The molecule has 2 aromatic carbocycles. The highest BCUT2D eigenvalue weighted by molar-refractivity contribution is 6.30. The Morgan fingerprint density at radius 2 is 2.10 bits per heavy atom. The molecule has 0 saturated heterocycles. The second-order valence-electron chi connectivity index (χ2n) is 4.15. The van der Waals surface area contributed by atoms with Crippen LogP contribution in [0.1, 0.15) is 10.4 Å². The third-order valence-corrected chi connectivity index (χ3v) is 2.80. The summed E-state index contributed by atoms with van der Waals surface area (Å²) in [5.74, 6) is -0.766. The molecule has 0 bridgehead atoms. The predicted molar refractivity (Wildman–Crippen MR) is 77.4 cm³/mol. The fourth-order valence-corrected chi connectivity index (χ4v) is 1.76. The maximum absolute atomic E-state index is 13.5. The van der Waals surface area contributed by atoms with Crippen LogP contribution in [-0.4, -0.2) is 18.8 Å². The molecular weight excluding hydrogens is 297 g/mol. The van der Waals surface area contributed by atoms with E-state index < -0.39 is 11.7 Å². The first-order chi connectivity index (χ1) is 10.1. The van der Waals surface area contributed by atoms with Gasteiger partial charge in [0.05, 0.1) is 5.69 Å². The first-order valence-corrected chi connectivity index (χ1v) is 6.39. The molecule has 0 heterocycles. The highest BCUT2D eigenvalue weighted by Gasteiger charge is 2.08. The van der Waals surface area contributed by atoms with Crippen molar-refractivity contribution in [2.45, 2.75) is 0 Å². The van der Waals surface area contributed by atoms with Gasteiger partial charge in [0.2, 0.25) is 0 Å². The van der Waals surface area contributed by atoms with Gasteiger partial charge in [-0.15, -0.1) is 0 Å². The molecule has 108 valence electrons. The topological polar surface area (TPSA) is 55.4 Å². The number of aldehydes is 1. The van der Waals surface area contributed by atoms with Gasteiger partial charge in [0, 0.05) is 10.6 Å². The van der Waals surface area contributed by atoms with E-state index in [1.165, 1.54) is 18.2 Å². The van der Waals surface area contributed by atoms with Crippen molar-refractivity contribution in [3.05, 3.63) is 58.9 Å². The number of nitrogens with one attached hydrogen (secondary N) is 1. The summed E-state index contributed by atoms with van der Waals surface area (Å²) in [5, 5.41) is 2.61. The summed E-state index contributed by atoms with van der Waals surface area (Å²) in [7, 11) is 0. The Hall–Kier alpha value is -2.40. The van der Waals surface area contributed by atoms with Gasteiger partial charge in [-0.1, -0.05) is 23.7 Å². The molecule has 6 heteroatoms. The number of anilines is 1. The van der Waals surface area contributed by atoms with Crippen LogP contribution in [0, 0.1) is 5.82 Å². The highest BCUT2D eigenvalue weighted by atomic mass is 35.5. The van der Waals surface area contributed by atoms with E-state index in [1.807, 2.05) is 0 Å². The number of carbonyl (C=O) groups is 2. The van der Waals surface area contributed by atoms with Gasteiger partial charge in [-0.3, -0.25) is 9.59 Å². The smallest absolute Gasteiger partial charge is 0.262 e. The average Bonchev–Trinajstić information content (AvgIpc) is 2.48. The molecule has 1 N–H and O–H groups in total. The Balaban J connectivity index is 1.94. The summed E-state index contributed by atoms with van der Waals surface area (Å²) >= 11 is 5.62. The lowest BCUT2D eigenvalue weighted by atomic mass is 10.2. The van der Waals surface area contributed by atoms with Crippen molar-refractivity contribution in [2.75, 3.05) is 11.9 Å². The Morgan fingerprint density at radius 1 is 1.29 bits per heavy atom. The summed E-state index contributed by atoms with van der Waals surface area (Å²) in [5.41, 5.74) is 0.464. The minimum atomic E-state index is -0.626. The van der Waals surface area contributed by atoms with Crippen LogP contribution >= 0.6 is 11.6 Å². The lowest BCUT2D eigenvalue weighted by molar-refractivity contribution is -0.118. The summed E-state index contributed by atoms with van der Waals surface area (Å²) in [6.45, 7) is -0.301. The molecule has 0 aliphatic heterocycles. The van der Waals surface area contributed by atoms with Crippen LogP contribution in [0.25, 0.3) is 0 Å². The van der Waals surface area contributed by atoms with Crippen LogP contribution in [0.5, 0.6) is 5.75 Å². The van der Waals surface area contributed by atoms with E-state index in [4.69, 9.17) is 16.3 Å². The van der Waals surface area contributed by atoms with Crippen molar-refractivity contribution >= 4 is 29.5 Å². The highest BCUT2D eigenvalue weighted by Crippen LogP contribution is 2.19. The molecule has 0 unspecified atom stereocenters. The SMILES string of the molecule is O=Cc1cccc(OCC(=O)Nc2ccc(Cl)cc2F)c1. The zero-order valence-electron chi connectivity index (χ0n) is 10.8. The molecule has 0 spiro atoms. The second-order valence-corrected chi connectivity index (χ2v) is 4.59. The fraction of sp³-hybridized carbons (Fsp3) is 0.0667. The van der Waals surface area contributed by atoms with Crippen molar-refractivity contribution < 1.29 is 18.7 Å². The van der Waals surface area contributed by atoms with Crippen molar-refractivity contribution in [3.8, 4) is 5.75 Å². The number of ether oxygens (including phenoxy) is 1. The standard InChI is InChI=1S/C15H11ClFNO3/c16-11-4-5-14(13(17)7-11)18-15(20)9-21-12-3-1-2-10(6-12)8-19/h1-8H,9H2,(H,18,20). The number of hydrogen-bond acceptors (Lipinski definition) is 3. The van der Waals surface area contributed by atoms with Crippen LogP contribution in [-0.2, 0) is 4.79 Å². The molecular formula is C15H11ClFNO3. The van der Waals surface area contributed by atoms with Crippen LogP contribution in [0.4, 0.5) is 10.1 Å². The minimum Gasteiger partial charge on any atom is -0.484 e. The van der Waals surface area contributed by atoms with E-state index in [0.717, 1.165) is 6.07 Å². The minimum absolute atomic E-state index is 0.0228. The van der Waals surface area contributed by atoms with Crippen LogP contribution < -0.4 is 10.1 Å². The van der Waals surface area contributed by atoms with Gasteiger partial charge in [-0.05, 0) is 30.3 Å². The summed E-state index contributed by atoms with van der Waals surface area (Å²) in [6, 6.07) is 10.3. The largest absolute Gasteiger partial charge is 0.484 e. The number of carbonyl (C=O) groups excluding carboxylic acids is 2. The third-order valence-electron chi connectivity index (χ3n) is 2.57. The molecule has 2 rings (SSSR count). The van der Waals surface area contributed by atoms with E-state index in [9.17, 15) is 14.0 Å². The number of benzene rings is 2. The fourth-order valence-electron chi connectivity index (χ4n) is 1.60. The zero-order valence-corrected chi connectivity index (χ0v) is 11.6. The van der Waals surface area contributed by atoms with Crippen LogP contribution in [0.15, 0.2) is 42.5 Å². The van der Waals surface area contributed by atoms with Gasteiger partial charge in [-0.2, -0.15) is 0 Å². The lowest BCUT2D eigenvalue weighted by Crippen LogP contribution is -2.20. The maximum atomic E-state index is 13.5. The Bertz CT molecular complexity index is 676. The van der Waals surface area contributed by atoms with Gasteiger partial charge in [-0.25, -0.2) is 4.39 Å². The van der Waals surface area contributed by atoms with E-state index in [0.29, 0.717) is 17.6 Å². The van der Waals surface area contributed by atoms with Crippen molar-refractivity contribution in [1.82, 2.24) is 0 Å². The number of hydrogen-bond donors (Lipinski definition) is 1. The van der Waals surface area contributed by atoms with Gasteiger partial charge in [0.25, 0.3) is 5.91 Å². The van der Waals surface area contributed by atoms with Gasteiger partial charge >= 0.3 is 0 Å². The normalized spacial score (nSPS) is 10.0. The molecule has 0 aromatic heterocycles.